The highest BCUT2D eigenvalue weighted by Crippen LogP contribution is 2.32. The van der Waals surface area contributed by atoms with Crippen molar-refractivity contribution in [2.24, 2.45) is 5.73 Å². The number of halogens is 1. The van der Waals surface area contributed by atoms with Crippen molar-refractivity contribution in [3.05, 3.63) is 28.8 Å². The predicted octanol–water partition coefficient (Wildman–Crippen LogP) is 0.491. The zero-order valence-corrected chi connectivity index (χ0v) is 8.35. The van der Waals surface area contributed by atoms with Crippen LogP contribution in [-0.2, 0) is 4.79 Å². The first-order valence-electron chi connectivity index (χ1n) is 4.09. The molecule has 0 aliphatic carbocycles. The summed E-state index contributed by atoms with van der Waals surface area (Å²) in [5.41, 5.74) is 5.20. The molecule has 6 heteroatoms. The number of carbonyl (C=O) groups is 1. The summed E-state index contributed by atoms with van der Waals surface area (Å²) in [6, 6.07) is 2.75. The zero-order valence-electron chi connectivity index (χ0n) is 7.59. The molecule has 0 fully saturated rings. The average molecular weight is 232 g/mol. The number of phenolic OH excluding ortho intramolecular Hbond substituents is 1. The Morgan fingerprint density at radius 3 is 2.60 bits per heavy atom. The lowest BCUT2D eigenvalue weighted by atomic mass is 10.0. The van der Waals surface area contributed by atoms with Gasteiger partial charge in [-0.2, -0.15) is 0 Å². The fourth-order valence-corrected chi connectivity index (χ4v) is 1.28. The number of carboxylic acid groups (broad SMARTS) is 1. The number of rotatable bonds is 3. The van der Waals surface area contributed by atoms with E-state index >= 15 is 0 Å². The Balaban J connectivity index is 3.06. The van der Waals surface area contributed by atoms with Crippen LogP contribution in [0.25, 0.3) is 0 Å². The molecule has 2 atom stereocenters. The highest BCUT2D eigenvalue weighted by molar-refractivity contribution is 6.32. The quantitative estimate of drug-likeness (QED) is 0.606. The van der Waals surface area contributed by atoms with Crippen LogP contribution < -0.4 is 5.73 Å². The molecule has 1 rings (SSSR count). The van der Waals surface area contributed by atoms with Gasteiger partial charge in [-0.15, -0.1) is 0 Å². The SMILES string of the molecule is NC(C(=O)O)C(O)c1cccc(Cl)c1O. The van der Waals surface area contributed by atoms with E-state index in [9.17, 15) is 15.0 Å². The third-order valence-corrected chi connectivity index (χ3v) is 2.27. The lowest BCUT2D eigenvalue weighted by Crippen LogP contribution is -2.36. The molecule has 1 aromatic rings. The van der Waals surface area contributed by atoms with Gasteiger partial charge in [0.15, 0.2) is 0 Å². The number of aliphatic hydroxyl groups excluding tert-OH is 1. The summed E-state index contributed by atoms with van der Waals surface area (Å²) >= 11 is 5.59. The smallest absolute Gasteiger partial charge is 0.323 e. The van der Waals surface area contributed by atoms with E-state index in [1.165, 1.54) is 18.2 Å². The van der Waals surface area contributed by atoms with Crippen LogP contribution in [-0.4, -0.2) is 27.3 Å². The van der Waals surface area contributed by atoms with Crippen LogP contribution in [0.4, 0.5) is 0 Å². The monoisotopic (exact) mass is 231 g/mol. The maximum absolute atomic E-state index is 10.5. The highest BCUT2D eigenvalue weighted by atomic mass is 35.5. The Bertz CT molecular complexity index is 382. The van der Waals surface area contributed by atoms with Crippen molar-refractivity contribution >= 4 is 17.6 Å². The van der Waals surface area contributed by atoms with Crippen LogP contribution in [0.3, 0.4) is 0 Å². The third kappa shape index (κ3) is 2.38. The minimum Gasteiger partial charge on any atom is -0.506 e. The van der Waals surface area contributed by atoms with Crippen molar-refractivity contribution in [1.82, 2.24) is 0 Å². The minimum atomic E-state index is -1.51. The summed E-state index contributed by atoms with van der Waals surface area (Å²) in [5.74, 6) is -1.72. The van der Waals surface area contributed by atoms with Gasteiger partial charge in [-0.3, -0.25) is 4.79 Å². The predicted molar refractivity (Wildman–Crippen MR) is 53.7 cm³/mol. The van der Waals surface area contributed by atoms with Crippen molar-refractivity contribution in [2.75, 3.05) is 0 Å². The van der Waals surface area contributed by atoms with Crippen LogP contribution in [0, 0.1) is 0 Å². The fraction of sp³-hybridized carbons (Fsp3) is 0.222. The van der Waals surface area contributed by atoms with Gasteiger partial charge >= 0.3 is 5.97 Å². The Hall–Kier alpha value is -1.30. The summed E-state index contributed by atoms with van der Waals surface area (Å²) in [6.45, 7) is 0. The van der Waals surface area contributed by atoms with E-state index in [1.807, 2.05) is 0 Å². The van der Waals surface area contributed by atoms with E-state index in [4.69, 9.17) is 22.4 Å². The van der Waals surface area contributed by atoms with Crippen molar-refractivity contribution < 1.29 is 20.1 Å². The first-order chi connectivity index (χ1) is 6.95. The Morgan fingerprint density at radius 2 is 2.07 bits per heavy atom. The lowest BCUT2D eigenvalue weighted by Gasteiger charge is -2.16. The number of aliphatic hydroxyl groups is 1. The number of phenols is 1. The van der Waals surface area contributed by atoms with E-state index in [0.717, 1.165) is 0 Å². The molecule has 0 aliphatic rings. The van der Waals surface area contributed by atoms with Gasteiger partial charge in [-0.1, -0.05) is 23.7 Å². The molecule has 2 unspecified atom stereocenters. The number of carboxylic acids is 1. The van der Waals surface area contributed by atoms with E-state index in [-0.39, 0.29) is 16.3 Å². The number of aromatic hydroxyl groups is 1. The number of aliphatic carboxylic acids is 1. The third-order valence-electron chi connectivity index (χ3n) is 1.96. The fourth-order valence-electron chi connectivity index (χ4n) is 1.10. The zero-order chi connectivity index (χ0) is 11.6. The normalized spacial score (nSPS) is 14.6. The number of benzene rings is 1. The first-order valence-corrected chi connectivity index (χ1v) is 4.46. The van der Waals surface area contributed by atoms with Gasteiger partial charge in [0.2, 0.25) is 0 Å². The van der Waals surface area contributed by atoms with Gasteiger partial charge in [0.05, 0.1) is 5.02 Å². The summed E-state index contributed by atoms with van der Waals surface area (Å²) < 4.78 is 0. The van der Waals surface area contributed by atoms with Gasteiger partial charge in [-0.05, 0) is 6.07 Å². The van der Waals surface area contributed by atoms with Gasteiger partial charge in [0, 0.05) is 5.56 Å². The van der Waals surface area contributed by atoms with Crippen molar-refractivity contribution in [3.63, 3.8) is 0 Å². The van der Waals surface area contributed by atoms with Crippen LogP contribution in [0.5, 0.6) is 5.75 Å². The highest BCUT2D eigenvalue weighted by Gasteiger charge is 2.26. The summed E-state index contributed by atoms with van der Waals surface area (Å²) in [6.07, 6.45) is -1.50. The van der Waals surface area contributed by atoms with Crippen LogP contribution in [0.15, 0.2) is 18.2 Å². The maximum Gasteiger partial charge on any atom is 0.323 e. The summed E-state index contributed by atoms with van der Waals surface area (Å²) in [4.78, 5) is 10.5. The molecule has 0 heterocycles. The Labute approximate surface area is 90.7 Å². The molecule has 5 nitrogen and oxygen atoms in total. The van der Waals surface area contributed by atoms with E-state index in [2.05, 4.69) is 0 Å². The molecule has 0 saturated carbocycles. The molecule has 82 valence electrons. The molecule has 0 spiro atoms. The Kier molecular flexibility index (Phi) is 3.52. The maximum atomic E-state index is 10.5. The van der Waals surface area contributed by atoms with Crippen molar-refractivity contribution in [3.8, 4) is 5.75 Å². The molecule has 0 aromatic heterocycles. The number of para-hydroxylation sites is 1. The van der Waals surface area contributed by atoms with E-state index in [1.54, 1.807) is 0 Å². The standard InChI is InChI=1S/C9H10ClNO4/c10-5-3-1-2-4(7(5)12)8(13)6(11)9(14)15/h1-3,6,8,12-13H,11H2,(H,14,15). The van der Waals surface area contributed by atoms with Crippen LogP contribution in [0.2, 0.25) is 5.02 Å². The molecule has 15 heavy (non-hydrogen) atoms. The number of nitrogens with two attached hydrogens (primary N) is 1. The summed E-state index contributed by atoms with van der Waals surface area (Å²) in [7, 11) is 0. The molecule has 5 N–H and O–H groups in total. The molecule has 1 aromatic carbocycles. The van der Waals surface area contributed by atoms with Crippen molar-refractivity contribution in [2.45, 2.75) is 12.1 Å². The van der Waals surface area contributed by atoms with Gasteiger partial charge in [-0.25, -0.2) is 0 Å². The topological polar surface area (TPSA) is 104 Å². The summed E-state index contributed by atoms with van der Waals surface area (Å²) in [5, 5.41) is 27.6. The van der Waals surface area contributed by atoms with Gasteiger partial charge in [0.1, 0.15) is 17.9 Å². The van der Waals surface area contributed by atoms with Gasteiger partial charge in [0.25, 0.3) is 0 Å². The first kappa shape index (κ1) is 11.8. The lowest BCUT2D eigenvalue weighted by molar-refractivity contribution is -0.141. The second kappa shape index (κ2) is 4.48. The molecule has 0 radical (unpaired) electrons. The average Bonchev–Trinajstić information content (AvgIpc) is 2.20. The second-order valence-electron chi connectivity index (χ2n) is 2.99. The van der Waals surface area contributed by atoms with E-state index in [0.29, 0.717) is 0 Å². The second-order valence-corrected chi connectivity index (χ2v) is 3.39. The number of hydrogen-bond acceptors (Lipinski definition) is 4. The van der Waals surface area contributed by atoms with Crippen molar-refractivity contribution in [1.29, 1.82) is 0 Å². The molecule has 0 saturated heterocycles. The van der Waals surface area contributed by atoms with Crippen LogP contribution >= 0.6 is 11.6 Å². The van der Waals surface area contributed by atoms with Gasteiger partial charge < -0.3 is 21.1 Å². The van der Waals surface area contributed by atoms with E-state index < -0.39 is 18.1 Å². The number of hydrogen-bond donors (Lipinski definition) is 4. The largest absolute Gasteiger partial charge is 0.506 e. The molecular formula is C9H10ClNO4. The minimum absolute atomic E-state index is 0.00241. The molecule has 0 amide bonds. The Morgan fingerprint density at radius 1 is 1.47 bits per heavy atom. The van der Waals surface area contributed by atoms with Crippen LogP contribution in [0.1, 0.15) is 11.7 Å². The molecule has 0 aliphatic heterocycles. The molecular weight excluding hydrogens is 222 g/mol. The molecule has 0 bridgehead atoms.